The van der Waals surface area contributed by atoms with Crippen LogP contribution < -0.4 is 9.96 Å². The molecule has 0 fully saturated rings. The maximum absolute atomic E-state index is 5.85. The van der Waals surface area contributed by atoms with Crippen LogP contribution in [0.15, 0.2) is 0 Å². The van der Waals surface area contributed by atoms with Gasteiger partial charge in [-0.05, 0) is 34.6 Å². The Morgan fingerprint density at radius 3 is 1.75 bits per heavy atom. The molecule has 0 unspecified atom stereocenters. The SMILES string of the molecule is CCO[Si](NC(C)C)(NC(C)(C)C)OCC. The van der Waals surface area contributed by atoms with Crippen LogP contribution in [0.5, 0.6) is 0 Å². The number of hydrogen-bond acceptors (Lipinski definition) is 4. The Kier molecular flexibility index (Phi) is 6.73. The first-order valence-corrected chi connectivity index (χ1v) is 7.91. The van der Waals surface area contributed by atoms with Crippen LogP contribution in [-0.2, 0) is 8.85 Å². The Labute approximate surface area is 102 Å². The minimum absolute atomic E-state index is 0.0293. The maximum Gasteiger partial charge on any atom is 0.517 e. The Balaban J connectivity index is 4.77. The Hall–Kier alpha value is 0.0569. The van der Waals surface area contributed by atoms with Crippen molar-refractivity contribution in [3.63, 3.8) is 0 Å². The van der Waals surface area contributed by atoms with Gasteiger partial charge in [-0.2, -0.15) is 0 Å². The molecule has 2 N–H and O–H groups in total. The molecular formula is C11H28N2O2Si. The highest BCUT2D eigenvalue weighted by molar-refractivity contribution is 6.62. The van der Waals surface area contributed by atoms with Gasteiger partial charge in [0.1, 0.15) is 0 Å². The molecule has 0 heterocycles. The molecule has 0 saturated carbocycles. The van der Waals surface area contributed by atoms with Gasteiger partial charge in [-0.3, -0.25) is 9.96 Å². The molecule has 0 aromatic carbocycles. The normalized spacial score (nSPS) is 13.5. The fraction of sp³-hybridized carbons (Fsp3) is 1.00. The molecule has 0 bridgehead atoms. The van der Waals surface area contributed by atoms with E-state index in [0.29, 0.717) is 19.3 Å². The van der Waals surface area contributed by atoms with Crippen molar-refractivity contribution >= 4 is 8.88 Å². The van der Waals surface area contributed by atoms with Gasteiger partial charge >= 0.3 is 8.88 Å². The smallest absolute Gasteiger partial charge is 0.371 e. The first kappa shape index (κ1) is 16.1. The first-order valence-electron chi connectivity index (χ1n) is 6.09. The van der Waals surface area contributed by atoms with Crippen molar-refractivity contribution < 1.29 is 8.85 Å². The third-order valence-electron chi connectivity index (χ3n) is 1.71. The van der Waals surface area contributed by atoms with Crippen molar-refractivity contribution in [2.75, 3.05) is 13.2 Å². The van der Waals surface area contributed by atoms with Crippen LogP contribution in [0.3, 0.4) is 0 Å². The van der Waals surface area contributed by atoms with Gasteiger partial charge in [-0.1, -0.05) is 13.8 Å². The third-order valence-corrected chi connectivity index (χ3v) is 5.14. The van der Waals surface area contributed by atoms with Crippen molar-refractivity contribution in [1.82, 2.24) is 9.96 Å². The van der Waals surface area contributed by atoms with Crippen molar-refractivity contribution in [2.45, 2.75) is 60.0 Å². The molecule has 0 aliphatic rings. The number of hydrogen-bond donors (Lipinski definition) is 2. The van der Waals surface area contributed by atoms with E-state index in [0.717, 1.165) is 0 Å². The molecule has 0 aromatic heterocycles. The molecule has 5 heteroatoms. The third kappa shape index (κ3) is 6.60. The van der Waals surface area contributed by atoms with E-state index in [2.05, 4.69) is 44.6 Å². The highest BCUT2D eigenvalue weighted by Gasteiger charge is 2.42. The molecule has 0 amide bonds. The molecule has 0 spiro atoms. The van der Waals surface area contributed by atoms with Crippen LogP contribution >= 0.6 is 0 Å². The van der Waals surface area contributed by atoms with Gasteiger partial charge in [-0.25, -0.2) is 0 Å². The second-order valence-electron chi connectivity index (χ2n) is 5.16. The number of nitrogens with one attached hydrogen (secondary N) is 2. The lowest BCUT2D eigenvalue weighted by Gasteiger charge is -2.37. The van der Waals surface area contributed by atoms with E-state index < -0.39 is 8.88 Å². The molecule has 0 radical (unpaired) electrons. The van der Waals surface area contributed by atoms with Crippen LogP contribution in [0.25, 0.3) is 0 Å². The fourth-order valence-electron chi connectivity index (χ4n) is 1.51. The molecule has 0 rings (SSSR count). The molecule has 4 nitrogen and oxygen atoms in total. The summed E-state index contributed by atoms with van der Waals surface area (Å²) >= 11 is 0. The van der Waals surface area contributed by atoms with Gasteiger partial charge in [0, 0.05) is 24.8 Å². The van der Waals surface area contributed by atoms with E-state index in [-0.39, 0.29) is 5.54 Å². The van der Waals surface area contributed by atoms with E-state index in [9.17, 15) is 0 Å². The van der Waals surface area contributed by atoms with Gasteiger partial charge < -0.3 is 8.85 Å². The first-order chi connectivity index (χ1) is 7.24. The minimum atomic E-state index is -2.49. The molecule has 16 heavy (non-hydrogen) atoms. The molecular weight excluding hydrogens is 220 g/mol. The van der Waals surface area contributed by atoms with Gasteiger partial charge in [0.2, 0.25) is 0 Å². The average Bonchev–Trinajstić information content (AvgIpc) is 1.98. The largest absolute Gasteiger partial charge is 0.517 e. The van der Waals surface area contributed by atoms with Crippen LogP contribution in [0.1, 0.15) is 48.5 Å². The summed E-state index contributed by atoms with van der Waals surface area (Å²) in [5, 5.41) is 0. The van der Waals surface area contributed by atoms with Crippen LogP contribution in [0.4, 0.5) is 0 Å². The molecule has 0 aliphatic carbocycles. The Bertz CT molecular complexity index is 187. The quantitative estimate of drug-likeness (QED) is 0.675. The number of rotatable bonds is 7. The summed E-state index contributed by atoms with van der Waals surface area (Å²) in [7, 11) is -2.49. The highest BCUT2D eigenvalue weighted by atomic mass is 28.4. The molecule has 0 aliphatic heterocycles. The van der Waals surface area contributed by atoms with E-state index in [4.69, 9.17) is 8.85 Å². The molecule has 0 saturated heterocycles. The summed E-state index contributed by atoms with van der Waals surface area (Å²) in [6.07, 6.45) is 0. The summed E-state index contributed by atoms with van der Waals surface area (Å²) < 4.78 is 11.7. The topological polar surface area (TPSA) is 42.5 Å². The molecule has 0 aromatic rings. The van der Waals surface area contributed by atoms with Gasteiger partial charge in [0.25, 0.3) is 0 Å². The van der Waals surface area contributed by atoms with E-state index in [1.165, 1.54) is 0 Å². The lowest BCUT2D eigenvalue weighted by molar-refractivity contribution is 0.145. The van der Waals surface area contributed by atoms with Crippen molar-refractivity contribution in [2.24, 2.45) is 0 Å². The summed E-state index contributed by atoms with van der Waals surface area (Å²) in [5.41, 5.74) is -0.0293. The van der Waals surface area contributed by atoms with Gasteiger partial charge in [-0.15, -0.1) is 0 Å². The standard InChI is InChI=1S/C11H28N2O2Si/c1-8-14-16(15-9-2,12-10(3)4)13-11(5,6)7/h10,12-13H,8-9H2,1-7H3. The molecule has 98 valence electrons. The van der Waals surface area contributed by atoms with E-state index >= 15 is 0 Å². The summed E-state index contributed by atoms with van der Waals surface area (Å²) in [5.74, 6) is 0. The minimum Gasteiger partial charge on any atom is -0.371 e. The van der Waals surface area contributed by atoms with E-state index in [1.807, 2.05) is 13.8 Å². The Morgan fingerprint density at radius 2 is 1.50 bits per heavy atom. The van der Waals surface area contributed by atoms with Crippen molar-refractivity contribution in [3.8, 4) is 0 Å². The lowest BCUT2D eigenvalue weighted by atomic mass is 10.1. The highest BCUT2D eigenvalue weighted by Crippen LogP contribution is 2.09. The van der Waals surface area contributed by atoms with Crippen LogP contribution in [0.2, 0.25) is 0 Å². The summed E-state index contributed by atoms with van der Waals surface area (Å²) in [6, 6.07) is 0.333. The monoisotopic (exact) mass is 248 g/mol. The van der Waals surface area contributed by atoms with E-state index in [1.54, 1.807) is 0 Å². The average molecular weight is 248 g/mol. The van der Waals surface area contributed by atoms with Crippen LogP contribution in [-0.4, -0.2) is 33.7 Å². The predicted molar refractivity (Wildman–Crippen MR) is 70.2 cm³/mol. The second-order valence-corrected chi connectivity index (χ2v) is 7.51. The predicted octanol–water partition coefficient (Wildman–Crippen LogP) is 1.88. The molecule has 0 atom stereocenters. The Morgan fingerprint density at radius 1 is 1.06 bits per heavy atom. The zero-order chi connectivity index (χ0) is 12.8. The lowest BCUT2D eigenvalue weighted by Crippen LogP contribution is -2.72. The fourth-order valence-corrected chi connectivity index (χ4v) is 4.54. The zero-order valence-electron chi connectivity index (χ0n) is 11.8. The van der Waals surface area contributed by atoms with Crippen molar-refractivity contribution in [1.29, 1.82) is 0 Å². The van der Waals surface area contributed by atoms with Crippen LogP contribution in [0, 0.1) is 0 Å². The maximum atomic E-state index is 5.85. The van der Waals surface area contributed by atoms with Gasteiger partial charge in [0.05, 0.1) is 0 Å². The summed E-state index contributed by atoms with van der Waals surface area (Å²) in [6.45, 7) is 15.8. The van der Waals surface area contributed by atoms with Gasteiger partial charge in [0.15, 0.2) is 0 Å². The summed E-state index contributed by atoms with van der Waals surface area (Å²) in [4.78, 5) is 6.92. The zero-order valence-corrected chi connectivity index (χ0v) is 12.8. The van der Waals surface area contributed by atoms with Crippen molar-refractivity contribution in [3.05, 3.63) is 0 Å². The second kappa shape index (κ2) is 6.71.